The van der Waals surface area contributed by atoms with Crippen molar-refractivity contribution in [2.75, 3.05) is 5.73 Å². The summed E-state index contributed by atoms with van der Waals surface area (Å²) in [6, 6.07) is 9.53. The van der Waals surface area contributed by atoms with Crippen LogP contribution in [0, 0.1) is 0 Å². The number of nitrogens with zero attached hydrogens (tertiary/aromatic N) is 1. The second-order valence-electron chi connectivity index (χ2n) is 4.67. The average Bonchev–Trinajstić information content (AvgIpc) is 2.75. The van der Waals surface area contributed by atoms with Gasteiger partial charge in [-0.25, -0.2) is 4.79 Å². The van der Waals surface area contributed by atoms with Crippen LogP contribution in [-0.4, -0.2) is 10.4 Å². The summed E-state index contributed by atoms with van der Waals surface area (Å²) in [5.74, 6) is -0.750. The van der Waals surface area contributed by atoms with E-state index in [0.29, 0.717) is 32.9 Å². The van der Waals surface area contributed by atoms with E-state index in [2.05, 4.69) is 0 Å². The zero-order chi connectivity index (χ0) is 15.1. The number of fused-ring (bicyclic) bond motifs is 1. The predicted molar refractivity (Wildman–Crippen MR) is 80.8 cm³/mol. The topological polar surface area (TPSA) is 78.2 Å². The number of carbonyl (C=O) groups excluding carboxylic acids is 1. The zero-order valence-corrected chi connectivity index (χ0v) is 11.8. The minimum atomic E-state index is -0.475. The maximum Gasteiger partial charge on any atom is 0.419 e. The third-order valence-corrected chi connectivity index (χ3v) is 3.55. The highest BCUT2D eigenvalue weighted by atomic mass is 35.5. The van der Waals surface area contributed by atoms with Crippen LogP contribution in [-0.2, 0) is 7.05 Å². The summed E-state index contributed by atoms with van der Waals surface area (Å²) in [5.41, 5.74) is 7.83. The Morgan fingerprint density at radius 1 is 1.24 bits per heavy atom. The first kappa shape index (κ1) is 13.5. The molecule has 1 aromatic heterocycles. The number of carbonyl (C=O) groups is 1. The molecule has 0 fully saturated rings. The minimum absolute atomic E-state index is 0.275. The van der Waals surface area contributed by atoms with Gasteiger partial charge in [-0.05, 0) is 36.4 Å². The Bertz CT molecular complexity index is 924. The summed E-state index contributed by atoms with van der Waals surface area (Å²) in [6.45, 7) is 0. The van der Waals surface area contributed by atoms with Crippen LogP contribution in [0.2, 0.25) is 5.02 Å². The lowest BCUT2D eigenvalue weighted by molar-refractivity contribution is 0.103. The fourth-order valence-electron chi connectivity index (χ4n) is 2.16. The number of benzene rings is 2. The maximum atomic E-state index is 12.5. The first-order chi connectivity index (χ1) is 9.97. The number of hydrogen-bond donors (Lipinski definition) is 1. The monoisotopic (exact) mass is 302 g/mol. The fourth-order valence-corrected chi connectivity index (χ4v) is 2.33. The van der Waals surface area contributed by atoms with Crippen LogP contribution in [0.5, 0.6) is 0 Å². The van der Waals surface area contributed by atoms with Gasteiger partial charge in [0.25, 0.3) is 0 Å². The van der Waals surface area contributed by atoms with Gasteiger partial charge < -0.3 is 10.2 Å². The summed E-state index contributed by atoms with van der Waals surface area (Å²) in [4.78, 5) is 24.0. The van der Waals surface area contributed by atoms with Crippen molar-refractivity contribution in [2.24, 2.45) is 7.05 Å². The highest BCUT2D eigenvalue weighted by molar-refractivity contribution is 6.31. The molecule has 3 aromatic rings. The number of oxazole rings is 1. The Hall–Kier alpha value is -2.53. The van der Waals surface area contributed by atoms with E-state index in [9.17, 15) is 9.59 Å². The van der Waals surface area contributed by atoms with Crippen molar-refractivity contribution in [3.05, 3.63) is 63.1 Å². The average molecular weight is 303 g/mol. The second kappa shape index (κ2) is 4.79. The SMILES string of the molecule is Cn1c(=O)oc2cc(C(=O)c3cc(Cl)ccc3N)ccc21. The molecule has 1 heterocycles. The smallest absolute Gasteiger partial charge is 0.408 e. The van der Waals surface area contributed by atoms with Crippen LogP contribution < -0.4 is 11.5 Å². The van der Waals surface area contributed by atoms with Gasteiger partial charge >= 0.3 is 5.76 Å². The number of aryl methyl sites for hydroxylation is 1. The van der Waals surface area contributed by atoms with Crippen molar-refractivity contribution < 1.29 is 9.21 Å². The molecule has 0 saturated heterocycles. The van der Waals surface area contributed by atoms with Crippen molar-refractivity contribution in [3.63, 3.8) is 0 Å². The standard InChI is InChI=1S/C15H11ClN2O3/c1-18-12-5-2-8(6-13(12)21-15(18)20)14(19)10-7-9(16)3-4-11(10)17/h2-7H,17H2,1H3. The molecule has 0 spiro atoms. The molecule has 0 atom stereocenters. The third kappa shape index (κ3) is 2.21. The Kier molecular flexibility index (Phi) is 3.07. The third-order valence-electron chi connectivity index (χ3n) is 3.31. The zero-order valence-electron chi connectivity index (χ0n) is 11.1. The Labute approximate surface area is 124 Å². The molecule has 5 nitrogen and oxygen atoms in total. The number of nitrogen functional groups attached to an aromatic ring is 1. The van der Waals surface area contributed by atoms with Crippen molar-refractivity contribution in [2.45, 2.75) is 0 Å². The lowest BCUT2D eigenvalue weighted by Gasteiger charge is -2.05. The molecule has 2 aromatic carbocycles. The first-order valence-corrected chi connectivity index (χ1v) is 6.54. The number of aromatic nitrogens is 1. The number of nitrogens with two attached hydrogens (primary N) is 1. The van der Waals surface area contributed by atoms with Crippen LogP contribution in [0.1, 0.15) is 15.9 Å². The normalized spacial score (nSPS) is 11.0. The number of anilines is 1. The molecule has 0 bridgehead atoms. The molecule has 3 rings (SSSR count). The minimum Gasteiger partial charge on any atom is -0.408 e. The summed E-state index contributed by atoms with van der Waals surface area (Å²) in [6.07, 6.45) is 0. The van der Waals surface area contributed by atoms with Gasteiger partial charge in [0, 0.05) is 28.9 Å². The van der Waals surface area contributed by atoms with E-state index in [1.165, 1.54) is 16.7 Å². The highest BCUT2D eigenvalue weighted by Gasteiger charge is 2.15. The quantitative estimate of drug-likeness (QED) is 0.583. The number of rotatable bonds is 2. The maximum absolute atomic E-state index is 12.5. The van der Waals surface area contributed by atoms with E-state index in [1.807, 2.05) is 0 Å². The van der Waals surface area contributed by atoms with Crippen LogP contribution in [0.25, 0.3) is 11.1 Å². The van der Waals surface area contributed by atoms with Crippen molar-refractivity contribution in [1.29, 1.82) is 0 Å². The molecule has 0 radical (unpaired) electrons. The molecular formula is C15H11ClN2O3. The predicted octanol–water partition coefficient (Wildman–Crippen LogP) is 2.60. The molecule has 21 heavy (non-hydrogen) atoms. The Morgan fingerprint density at radius 3 is 2.76 bits per heavy atom. The molecule has 106 valence electrons. The van der Waals surface area contributed by atoms with E-state index in [1.54, 1.807) is 31.3 Å². The lowest BCUT2D eigenvalue weighted by Crippen LogP contribution is -2.08. The number of halogens is 1. The molecule has 6 heteroatoms. The summed E-state index contributed by atoms with van der Waals surface area (Å²) in [7, 11) is 1.60. The van der Waals surface area contributed by atoms with Gasteiger partial charge in [-0.1, -0.05) is 11.6 Å². The van der Waals surface area contributed by atoms with Gasteiger partial charge in [0.05, 0.1) is 5.52 Å². The molecule has 0 aliphatic carbocycles. The lowest BCUT2D eigenvalue weighted by atomic mass is 10.0. The first-order valence-electron chi connectivity index (χ1n) is 6.16. The highest BCUT2D eigenvalue weighted by Crippen LogP contribution is 2.23. The van der Waals surface area contributed by atoms with E-state index >= 15 is 0 Å². The van der Waals surface area contributed by atoms with Crippen LogP contribution in [0.15, 0.2) is 45.6 Å². The Morgan fingerprint density at radius 2 is 2.00 bits per heavy atom. The molecule has 2 N–H and O–H groups in total. The fraction of sp³-hybridized carbons (Fsp3) is 0.0667. The van der Waals surface area contributed by atoms with Crippen LogP contribution in [0.3, 0.4) is 0 Å². The van der Waals surface area contributed by atoms with Gasteiger partial charge in [-0.15, -0.1) is 0 Å². The van der Waals surface area contributed by atoms with E-state index in [-0.39, 0.29) is 5.78 Å². The molecule has 0 aliphatic rings. The number of ketones is 1. The number of hydrogen-bond acceptors (Lipinski definition) is 4. The molecule has 0 saturated carbocycles. The molecule has 0 aliphatic heterocycles. The molecule has 0 amide bonds. The van der Waals surface area contributed by atoms with Crippen LogP contribution in [0.4, 0.5) is 5.69 Å². The largest absolute Gasteiger partial charge is 0.419 e. The summed E-state index contributed by atoms with van der Waals surface area (Å²) >= 11 is 5.90. The van der Waals surface area contributed by atoms with E-state index in [0.717, 1.165) is 0 Å². The van der Waals surface area contributed by atoms with E-state index < -0.39 is 5.76 Å². The van der Waals surface area contributed by atoms with Crippen molar-refractivity contribution >= 4 is 34.2 Å². The van der Waals surface area contributed by atoms with Gasteiger partial charge in [-0.2, -0.15) is 0 Å². The summed E-state index contributed by atoms with van der Waals surface area (Å²) in [5, 5.41) is 0.430. The van der Waals surface area contributed by atoms with Gasteiger partial charge in [0.15, 0.2) is 11.4 Å². The Balaban J connectivity index is 2.13. The van der Waals surface area contributed by atoms with Crippen molar-refractivity contribution in [3.8, 4) is 0 Å². The van der Waals surface area contributed by atoms with Gasteiger partial charge in [-0.3, -0.25) is 9.36 Å². The molecule has 0 unspecified atom stereocenters. The van der Waals surface area contributed by atoms with E-state index in [4.69, 9.17) is 21.8 Å². The second-order valence-corrected chi connectivity index (χ2v) is 5.11. The summed E-state index contributed by atoms with van der Waals surface area (Å²) < 4.78 is 6.45. The van der Waals surface area contributed by atoms with Gasteiger partial charge in [0.2, 0.25) is 0 Å². The molecular weight excluding hydrogens is 292 g/mol. The van der Waals surface area contributed by atoms with Crippen molar-refractivity contribution in [1.82, 2.24) is 4.57 Å². The van der Waals surface area contributed by atoms with Gasteiger partial charge in [0.1, 0.15) is 0 Å². The van der Waals surface area contributed by atoms with Crippen LogP contribution >= 0.6 is 11.6 Å².